The number of nitrogens with one attached hydrogen (secondary N) is 2. The Morgan fingerprint density at radius 3 is 2.56 bits per heavy atom. The third-order valence-corrected chi connectivity index (χ3v) is 5.44. The van der Waals surface area contributed by atoms with Crippen molar-refractivity contribution < 1.29 is 33.2 Å². The van der Waals surface area contributed by atoms with Crippen molar-refractivity contribution in [3.63, 3.8) is 0 Å². The van der Waals surface area contributed by atoms with Gasteiger partial charge in [-0.25, -0.2) is 9.78 Å². The molecule has 0 bridgehead atoms. The maximum Gasteiger partial charge on any atom is 0.551 e. The van der Waals surface area contributed by atoms with E-state index in [-0.39, 0.29) is 24.5 Å². The van der Waals surface area contributed by atoms with Gasteiger partial charge in [0.1, 0.15) is 11.7 Å². The Labute approximate surface area is 209 Å². The SMILES string of the molecule is COC(=O)[C@H]1CC(=O)OB([C@H](CC(C)C)NC(=O)[C@H](Cc2ccccc2)NC(=O)c2cnccn2)O1. The maximum atomic E-state index is 13.5. The first-order valence-corrected chi connectivity index (χ1v) is 11.6. The molecular formula is C24H29BN4O7. The highest BCUT2D eigenvalue weighted by Gasteiger charge is 2.45. The van der Waals surface area contributed by atoms with E-state index in [1.807, 2.05) is 44.2 Å². The van der Waals surface area contributed by atoms with E-state index < -0.39 is 49.0 Å². The van der Waals surface area contributed by atoms with Crippen LogP contribution in [0.5, 0.6) is 0 Å². The average molecular weight is 496 g/mol. The average Bonchev–Trinajstić information content (AvgIpc) is 2.87. The van der Waals surface area contributed by atoms with Gasteiger partial charge in [-0.2, -0.15) is 0 Å². The minimum absolute atomic E-state index is 0.0626. The van der Waals surface area contributed by atoms with Crippen LogP contribution in [0.1, 0.15) is 42.7 Å². The van der Waals surface area contributed by atoms with E-state index in [1.165, 1.54) is 25.7 Å². The number of rotatable bonds is 10. The molecule has 2 heterocycles. The van der Waals surface area contributed by atoms with E-state index in [1.54, 1.807) is 0 Å². The largest absolute Gasteiger partial charge is 0.551 e. The molecule has 2 amide bonds. The molecule has 3 rings (SSSR count). The quantitative estimate of drug-likeness (QED) is 0.362. The Kier molecular flexibility index (Phi) is 9.51. The number of nitrogens with zero attached hydrogens (tertiary/aromatic N) is 2. The highest BCUT2D eigenvalue weighted by Crippen LogP contribution is 2.19. The van der Waals surface area contributed by atoms with E-state index in [4.69, 9.17) is 14.0 Å². The number of hydrogen-bond donors (Lipinski definition) is 2. The lowest BCUT2D eigenvalue weighted by atomic mass is 9.72. The third kappa shape index (κ3) is 7.60. The second kappa shape index (κ2) is 12.8. The summed E-state index contributed by atoms with van der Waals surface area (Å²) in [6, 6.07) is 8.21. The lowest BCUT2D eigenvalue weighted by Crippen LogP contribution is -2.59. The number of benzene rings is 1. The second-order valence-electron chi connectivity index (χ2n) is 8.76. The van der Waals surface area contributed by atoms with Crippen molar-refractivity contribution in [3.8, 4) is 0 Å². The number of methoxy groups -OCH3 is 1. The Bertz CT molecular complexity index is 1050. The summed E-state index contributed by atoms with van der Waals surface area (Å²) in [4.78, 5) is 58.3. The van der Waals surface area contributed by atoms with Crippen molar-refractivity contribution in [3.05, 3.63) is 60.2 Å². The normalized spacial score (nSPS) is 17.1. The molecule has 12 heteroatoms. The highest BCUT2D eigenvalue weighted by atomic mass is 16.6. The minimum Gasteiger partial charge on any atom is -0.508 e. The molecule has 1 aliphatic heterocycles. The number of hydrogen-bond acceptors (Lipinski definition) is 9. The lowest BCUT2D eigenvalue weighted by Gasteiger charge is -2.32. The topological polar surface area (TPSA) is 146 Å². The summed E-state index contributed by atoms with van der Waals surface area (Å²) < 4.78 is 15.7. The summed E-state index contributed by atoms with van der Waals surface area (Å²) in [5.41, 5.74) is 0.885. The fourth-order valence-electron chi connectivity index (χ4n) is 3.75. The molecule has 3 atom stereocenters. The van der Waals surface area contributed by atoms with Crippen LogP contribution in [0.3, 0.4) is 0 Å². The fourth-order valence-corrected chi connectivity index (χ4v) is 3.75. The molecule has 0 spiro atoms. The van der Waals surface area contributed by atoms with Gasteiger partial charge < -0.3 is 24.7 Å². The number of ether oxygens (including phenoxy) is 1. The molecule has 2 aromatic rings. The number of esters is 1. The molecular weight excluding hydrogens is 467 g/mol. The standard InChI is InChI=1S/C24H29BN4O7/c1-15(2)11-20(25-35-19(24(33)34-3)13-21(30)36-25)29-22(31)17(12-16-7-5-4-6-8-16)28-23(32)18-14-26-9-10-27-18/h4-10,14-15,17,19-20H,11-13H2,1-3H3,(H,28,32)(H,29,31)/t17-,19+,20-/m0/s1. The van der Waals surface area contributed by atoms with Gasteiger partial charge >= 0.3 is 13.1 Å². The van der Waals surface area contributed by atoms with Crippen LogP contribution in [0, 0.1) is 5.92 Å². The van der Waals surface area contributed by atoms with Gasteiger partial charge in [0.25, 0.3) is 11.9 Å². The van der Waals surface area contributed by atoms with Gasteiger partial charge in [0.15, 0.2) is 6.10 Å². The number of carbonyl (C=O) groups excluding carboxylic acids is 4. The molecule has 2 N–H and O–H groups in total. The van der Waals surface area contributed by atoms with Crippen molar-refractivity contribution in [2.75, 3.05) is 7.11 Å². The van der Waals surface area contributed by atoms with Crippen molar-refractivity contribution in [2.24, 2.45) is 5.92 Å². The fraction of sp³-hybridized carbons (Fsp3) is 0.417. The van der Waals surface area contributed by atoms with Crippen LogP contribution in [-0.4, -0.2) is 66.0 Å². The molecule has 0 radical (unpaired) electrons. The molecule has 0 unspecified atom stereocenters. The first-order chi connectivity index (χ1) is 17.3. The van der Waals surface area contributed by atoms with Crippen LogP contribution in [0.4, 0.5) is 0 Å². The number of amides is 2. The van der Waals surface area contributed by atoms with Crippen LogP contribution < -0.4 is 10.6 Å². The van der Waals surface area contributed by atoms with Gasteiger partial charge in [0.2, 0.25) is 5.91 Å². The van der Waals surface area contributed by atoms with Crippen LogP contribution in [0.2, 0.25) is 0 Å². The Hall–Kier alpha value is -3.80. The Morgan fingerprint density at radius 2 is 1.92 bits per heavy atom. The molecule has 1 saturated heterocycles. The smallest absolute Gasteiger partial charge is 0.508 e. The van der Waals surface area contributed by atoms with Crippen LogP contribution in [0.25, 0.3) is 0 Å². The van der Waals surface area contributed by atoms with Crippen LogP contribution >= 0.6 is 0 Å². The summed E-state index contributed by atoms with van der Waals surface area (Å²) in [5, 5.41) is 5.56. The summed E-state index contributed by atoms with van der Waals surface area (Å²) in [6.07, 6.45) is 3.29. The van der Waals surface area contributed by atoms with Crippen LogP contribution in [-0.2, 0) is 34.9 Å². The summed E-state index contributed by atoms with van der Waals surface area (Å²) in [5.74, 6) is -3.11. The van der Waals surface area contributed by atoms with E-state index >= 15 is 0 Å². The van der Waals surface area contributed by atoms with Crippen molar-refractivity contribution >= 4 is 30.9 Å². The molecule has 36 heavy (non-hydrogen) atoms. The summed E-state index contributed by atoms with van der Waals surface area (Å²) in [6.45, 7) is 3.86. The molecule has 1 fully saturated rings. The summed E-state index contributed by atoms with van der Waals surface area (Å²) in [7, 11) is -0.00287. The maximum absolute atomic E-state index is 13.5. The Morgan fingerprint density at radius 1 is 1.17 bits per heavy atom. The van der Waals surface area contributed by atoms with Gasteiger partial charge in [-0.05, 0) is 17.9 Å². The number of carbonyl (C=O) groups is 4. The van der Waals surface area contributed by atoms with Crippen LogP contribution in [0.15, 0.2) is 48.9 Å². The van der Waals surface area contributed by atoms with E-state index in [0.29, 0.717) is 6.42 Å². The zero-order valence-electron chi connectivity index (χ0n) is 20.4. The molecule has 11 nitrogen and oxygen atoms in total. The predicted octanol–water partition coefficient (Wildman–Crippen LogP) is 0.881. The monoisotopic (exact) mass is 496 g/mol. The van der Waals surface area contributed by atoms with Crippen molar-refractivity contribution in [1.29, 1.82) is 0 Å². The van der Waals surface area contributed by atoms with Gasteiger partial charge in [0, 0.05) is 18.8 Å². The molecule has 190 valence electrons. The number of aromatic nitrogens is 2. The van der Waals surface area contributed by atoms with E-state index in [2.05, 4.69) is 20.6 Å². The van der Waals surface area contributed by atoms with Gasteiger partial charge in [-0.3, -0.25) is 19.4 Å². The molecule has 0 saturated carbocycles. The molecule has 0 aliphatic carbocycles. The third-order valence-electron chi connectivity index (χ3n) is 5.44. The highest BCUT2D eigenvalue weighted by molar-refractivity contribution is 6.50. The summed E-state index contributed by atoms with van der Waals surface area (Å²) >= 11 is 0. The first kappa shape index (κ1) is 26.8. The molecule has 1 aromatic heterocycles. The molecule has 1 aliphatic rings. The van der Waals surface area contributed by atoms with Gasteiger partial charge in [-0.15, -0.1) is 0 Å². The van der Waals surface area contributed by atoms with Gasteiger partial charge in [0.05, 0.1) is 25.7 Å². The predicted molar refractivity (Wildman–Crippen MR) is 128 cm³/mol. The van der Waals surface area contributed by atoms with E-state index in [0.717, 1.165) is 5.56 Å². The Balaban J connectivity index is 1.81. The lowest BCUT2D eigenvalue weighted by molar-refractivity contribution is -0.159. The van der Waals surface area contributed by atoms with Crippen molar-refractivity contribution in [2.45, 2.75) is 51.2 Å². The van der Waals surface area contributed by atoms with Gasteiger partial charge in [-0.1, -0.05) is 44.2 Å². The van der Waals surface area contributed by atoms with Crippen molar-refractivity contribution in [1.82, 2.24) is 20.6 Å². The molecule has 1 aromatic carbocycles. The first-order valence-electron chi connectivity index (χ1n) is 11.6. The zero-order chi connectivity index (χ0) is 26.1. The minimum atomic E-state index is -1.20. The van der Waals surface area contributed by atoms with E-state index in [9.17, 15) is 19.2 Å². The zero-order valence-corrected chi connectivity index (χ0v) is 20.4. The second-order valence-corrected chi connectivity index (χ2v) is 8.76.